The van der Waals surface area contributed by atoms with E-state index in [2.05, 4.69) is 29.0 Å². The number of rotatable bonds is 6. The molecule has 0 amide bonds. The second-order valence-corrected chi connectivity index (χ2v) is 6.82. The minimum Gasteiger partial charge on any atom is -0.406 e. The smallest absolute Gasteiger partial charge is 0.406 e. The Kier molecular flexibility index (Phi) is 5.41. The summed E-state index contributed by atoms with van der Waals surface area (Å²) in [6.07, 6.45) is -1.62. The van der Waals surface area contributed by atoms with Crippen LogP contribution in [0.3, 0.4) is 0 Å². The molecule has 1 aliphatic rings. The average molecular weight is 364 g/mol. The highest BCUT2D eigenvalue weighted by molar-refractivity contribution is 5.49. The van der Waals surface area contributed by atoms with Gasteiger partial charge in [-0.05, 0) is 60.6 Å². The standard InChI is InChI=1S/C20H23F3N2O/c1-25(17-6-8-19(9-7-17)26-20(21,22)23)18(13-24)12-14-10-15-4-2-3-5-16(15)11-14/h2-9,14,18H,10-13,24H2,1H3. The van der Waals surface area contributed by atoms with E-state index in [9.17, 15) is 13.2 Å². The number of anilines is 1. The van der Waals surface area contributed by atoms with Crippen molar-refractivity contribution in [2.24, 2.45) is 11.7 Å². The lowest BCUT2D eigenvalue weighted by atomic mass is 9.96. The summed E-state index contributed by atoms with van der Waals surface area (Å²) < 4.78 is 40.7. The SMILES string of the molecule is CN(c1ccc(OC(F)(F)F)cc1)C(CN)CC1Cc2ccccc2C1. The van der Waals surface area contributed by atoms with Gasteiger partial charge in [0.05, 0.1) is 0 Å². The maximum Gasteiger partial charge on any atom is 0.573 e. The first kappa shape index (κ1) is 18.6. The molecule has 0 radical (unpaired) electrons. The number of hydrogen-bond acceptors (Lipinski definition) is 3. The van der Waals surface area contributed by atoms with Crippen molar-refractivity contribution in [2.45, 2.75) is 31.7 Å². The van der Waals surface area contributed by atoms with E-state index in [0.29, 0.717) is 12.5 Å². The first-order valence-corrected chi connectivity index (χ1v) is 8.71. The molecule has 1 unspecified atom stereocenters. The molecule has 0 saturated carbocycles. The predicted molar refractivity (Wildman–Crippen MR) is 96.3 cm³/mol. The van der Waals surface area contributed by atoms with Crippen LogP contribution in [0.2, 0.25) is 0 Å². The molecule has 1 aliphatic carbocycles. The highest BCUT2D eigenvalue weighted by Gasteiger charge is 2.31. The van der Waals surface area contributed by atoms with Crippen LogP contribution < -0.4 is 15.4 Å². The fraction of sp³-hybridized carbons (Fsp3) is 0.400. The Bertz CT molecular complexity index is 706. The van der Waals surface area contributed by atoms with E-state index < -0.39 is 6.36 Å². The summed E-state index contributed by atoms with van der Waals surface area (Å²) in [5.41, 5.74) is 9.63. The Balaban J connectivity index is 1.63. The summed E-state index contributed by atoms with van der Waals surface area (Å²) in [5, 5.41) is 0. The summed E-state index contributed by atoms with van der Waals surface area (Å²) in [7, 11) is 1.93. The van der Waals surface area contributed by atoms with Gasteiger partial charge in [-0.2, -0.15) is 0 Å². The Morgan fingerprint density at radius 3 is 2.15 bits per heavy atom. The van der Waals surface area contributed by atoms with Crippen LogP contribution in [-0.4, -0.2) is 26.0 Å². The van der Waals surface area contributed by atoms with Crippen LogP contribution in [0.25, 0.3) is 0 Å². The number of alkyl halides is 3. The lowest BCUT2D eigenvalue weighted by Crippen LogP contribution is -2.39. The van der Waals surface area contributed by atoms with E-state index in [-0.39, 0.29) is 11.8 Å². The monoisotopic (exact) mass is 364 g/mol. The molecule has 0 heterocycles. The molecular formula is C20H23F3N2O. The molecule has 0 saturated heterocycles. The molecule has 6 heteroatoms. The van der Waals surface area contributed by atoms with E-state index in [1.54, 1.807) is 12.1 Å². The van der Waals surface area contributed by atoms with Gasteiger partial charge < -0.3 is 15.4 Å². The van der Waals surface area contributed by atoms with Gasteiger partial charge in [0.1, 0.15) is 5.75 Å². The Labute approximate surface area is 151 Å². The Morgan fingerprint density at radius 1 is 1.08 bits per heavy atom. The number of fused-ring (bicyclic) bond motifs is 1. The molecule has 0 aliphatic heterocycles. The van der Waals surface area contributed by atoms with Gasteiger partial charge in [0.15, 0.2) is 0 Å². The van der Waals surface area contributed by atoms with Gasteiger partial charge in [0.25, 0.3) is 0 Å². The van der Waals surface area contributed by atoms with Gasteiger partial charge in [0.2, 0.25) is 0 Å². The minimum absolute atomic E-state index is 0.128. The van der Waals surface area contributed by atoms with E-state index in [0.717, 1.165) is 24.9 Å². The number of benzene rings is 2. The zero-order chi connectivity index (χ0) is 18.7. The predicted octanol–water partition coefficient (Wildman–Crippen LogP) is 4.15. The zero-order valence-electron chi connectivity index (χ0n) is 14.7. The number of likely N-dealkylation sites (N-methyl/N-ethyl adjacent to an activating group) is 1. The summed E-state index contributed by atoms with van der Waals surface area (Å²) in [4.78, 5) is 2.04. The normalized spacial score (nSPS) is 15.6. The van der Waals surface area contributed by atoms with Crippen LogP contribution in [0.1, 0.15) is 17.5 Å². The van der Waals surface area contributed by atoms with Crippen molar-refractivity contribution in [1.29, 1.82) is 0 Å². The fourth-order valence-corrected chi connectivity index (χ4v) is 3.71. The number of ether oxygens (including phenoxy) is 1. The maximum absolute atomic E-state index is 12.3. The van der Waals surface area contributed by atoms with Crippen LogP contribution in [0, 0.1) is 5.92 Å². The van der Waals surface area contributed by atoms with Gasteiger partial charge in [-0.25, -0.2) is 0 Å². The van der Waals surface area contributed by atoms with Crippen LogP contribution in [-0.2, 0) is 12.8 Å². The van der Waals surface area contributed by atoms with E-state index in [4.69, 9.17) is 5.73 Å². The van der Waals surface area contributed by atoms with Crippen molar-refractivity contribution in [3.8, 4) is 5.75 Å². The third-order valence-electron chi connectivity index (χ3n) is 5.04. The van der Waals surface area contributed by atoms with Gasteiger partial charge in [-0.3, -0.25) is 0 Å². The third kappa shape index (κ3) is 4.49. The molecule has 0 bridgehead atoms. The molecule has 2 aromatic carbocycles. The lowest BCUT2D eigenvalue weighted by molar-refractivity contribution is -0.274. The maximum atomic E-state index is 12.3. The van der Waals surface area contributed by atoms with Crippen molar-refractivity contribution in [3.05, 3.63) is 59.7 Å². The van der Waals surface area contributed by atoms with Crippen LogP contribution >= 0.6 is 0 Å². The quantitative estimate of drug-likeness (QED) is 0.837. The minimum atomic E-state index is -4.68. The second-order valence-electron chi connectivity index (χ2n) is 6.82. The highest BCUT2D eigenvalue weighted by Crippen LogP contribution is 2.31. The first-order chi connectivity index (χ1) is 12.4. The van der Waals surface area contributed by atoms with Gasteiger partial charge >= 0.3 is 6.36 Å². The summed E-state index contributed by atoms with van der Waals surface area (Å²) in [6.45, 7) is 0.490. The molecule has 0 fully saturated rings. The molecule has 1 atom stereocenters. The number of hydrogen-bond donors (Lipinski definition) is 1. The molecule has 0 spiro atoms. The third-order valence-corrected chi connectivity index (χ3v) is 5.04. The molecular weight excluding hydrogens is 341 g/mol. The van der Waals surface area contributed by atoms with Crippen molar-refractivity contribution >= 4 is 5.69 Å². The lowest BCUT2D eigenvalue weighted by Gasteiger charge is -2.31. The molecule has 26 heavy (non-hydrogen) atoms. The molecule has 2 N–H and O–H groups in total. The van der Waals surface area contributed by atoms with Crippen molar-refractivity contribution in [3.63, 3.8) is 0 Å². The number of nitrogens with two attached hydrogens (primary N) is 1. The highest BCUT2D eigenvalue weighted by atomic mass is 19.4. The Hall–Kier alpha value is -2.21. The van der Waals surface area contributed by atoms with Gasteiger partial charge in [-0.15, -0.1) is 13.2 Å². The van der Waals surface area contributed by atoms with Crippen molar-refractivity contribution in [1.82, 2.24) is 0 Å². The summed E-state index contributed by atoms with van der Waals surface area (Å²) in [6, 6.07) is 14.5. The fourth-order valence-electron chi connectivity index (χ4n) is 3.71. The topological polar surface area (TPSA) is 38.5 Å². The van der Waals surface area contributed by atoms with Crippen LogP contribution in [0.4, 0.5) is 18.9 Å². The zero-order valence-corrected chi connectivity index (χ0v) is 14.7. The number of halogens is 3. The van der Waals surface area contributed by atoms with Gasteiger partial charge in [-0.1, -0.05) is 24.3 Å². The number of nitrogens with zero attached hydrogens (tertiary/aromatic N) is 1. The van der Waals surface area contributed by atoms with E-state index in [1.165, 1.54) is 23.3 Å². The largest absolute Gasteiger partial charge is 0.573 e. The molecule has 0 aromatic heterocycles. The van der Waals surface area contributed by atoms with Gasteiger partial charge in [0, 0.05) is 25.3 Å². The molecule has 2 aromatic rings. The summed E-state index contributed by atoms with van der Waals surface area (Å²) >= 11 is 0. The second kappa shape index (κ2) is 7.58. The molecule has 3 rings (SSSR count). The first-order valence-electron chi connectivity index (χ1n) is 8.71. The van der Waals surface area contributed by atoms with Crippen LogP contribution in [0.15, 0.2) is 48.5 Å². The van der Waals surface area contributed by atoms with Crippen molar-refractivity contribution < 1.29 is 17.9 Å². The average Bonchev–Trinajstić information content (AvgIpc) is 3.01. The molecule has 3 nitrogen and oxygen atoms in total. The van der Waals surface area contributed by atoms with Crippen LogP contribution in [0.5, 0.6) is 5.75 Å². The Morgan fingerprint density at radius 2 is 1.65 bits per heavy atom. The van der Waals surface area contributed by atoms with Crippen molar-refractivity contribution in [2.75, 3.05) is 18.5 Å². The molecule has 140 valence electrons. The van der Waals surface area contributed by atoms with E-state index >= 15 is 0 Å². The summed E-state index contributed by atoms with van der Waals surface area (Å²) in [5.74, 6) is 0.321. The van der Waals surface area contributed by atoms with E-state index in [1.807, 2.05) is 11.9 Å².